The Hall–Kier alpha value is -0.570. The number of hydrogen-bond donors (Lipinski definition) is 1. The minimum atomic E-state index is 0.320. The number of amides is 1. The predicted octanol–water partition coefficient (Wildman–Crippen LogP) is 2.80. The van der Waals surface area contributed by atoms with Gasteiger partial charge in [0.15, 0.2) is 0 Å². The topological polar surface area (TPSA) is 32.3 Å². The lowest BCUT2D eigenvalue weighted by Crippen LogP contribution is -2.39. The maximum atomic E-state index is 12.1. The average molecular weight is 254 g/mol. The van der Waals surface area contributed by atoms with Gasteiger partial charge in [0.05, 0.1) is 0 Å². The molecule has 1 amide bonds. The molecular formula is C15H30N2O. The van der Waals surface area contributed by atoms with Gasteiger partial charge in [-0.1, -0.05) is 20.8 Å². The maximum Gasteiger partial charge on any atom is 0.222 e. The van der Waals surface area contributed by atoms with Crippen molar-refractivity contribution in [1.82, 2.24) is 10.2 Å². The van der Waals surface area contributed by atoms with E-state index in [0.717, 1.165) is 18.9 Å². The maximum absolute atomic E-state index is 12.1. The molecular weight excluding hydrogens is 224 g/mol. The van der Waals surface area contributed by atoms with Crippen LogP contribution in [0.25, 0.3) is 0 Å². The quantitative estimate of drug-likeness (QED) is 0.739. The highest BCUT2D eigenvalue weighted by atomic mass is 16.2. The lowest BCUT2D eigenvalue weighted by Gasteiger charge is -2.33. The second kappa shape index (κ2) is 7.78. The Bertz CT molecular complexity index is 245. The summed E-state index contributed by atoms with van der Waals surface area (Å²) in [5.41, 5.74) is 0. The molecule has 1 rings (SSSR count). The van der Waals surface area contributed by atoms with E-state index in [0.29, 0.717) is 24.4 Å². The summed E-state index contributed by atoms with van der Waals surface area (Å²) in [5.74, 6) is 1.17. The van der Waals surface area contributed by atoms with Gasteiger partial charge in [-0.15, -0.1) is 0 Å². The van der Waals surface area contributed by atoms with Crippen LogP contribution in [0, 0.1) is 5.92 Å². The van der Waals surface area contributed by atoms with Crippen molar-refractivity contribution in [1.29, 1.82) is 0 Å². The molecule has 0 atom stereocenters. The van der Waals surface area contributed by atoms with Crippen LogP contribution in [0.3, 0.4) is 0 Å². The minimum absolute atomic E-state index is 0.320. The number of nitrogens with zero attached hydrogens (tertiary/aromatic N) is 1. The average Bonchev–Trinajstić information content (AvgIpc) is 2.34. The zero-order chi connectivity index (χ0) is 13.5. The van der Waals surface area contributed by atoms with Crippen molar-refractivity contribution in [2.45, 2.75) is 71.4 Å². The van der Waals surface area contributed by atoms with Gasteiger partial charge in [-0.2, -0.15) is 0 Å². The molecule has 1 fully saturated rings. The molecule has 0 aliphatic heterocycles. The SMILES string of the molecule is CC1CCC(N(C)C(=O)CCCNC(C)C)CC1. The zero-order valence-electron chi connectivity index (χ0n) is 12.5. The van der Waals surface area contributed by atoms with E-state index in [1.165, 1.54) is 25.7 Å². The molecule has 1 N–H and O–H groups in total. The van der Waals surface area contributed by atoms with Crippen molar-refractivity contribution in [3.63, 3.8) is 0 Å². The first-order valence-electron chi connectivity index (χ1n) is 7.49. The summed E-state index contributed by atoms with van der Waals surface area (Å²) in [6, 6.07) is 1.00. The van der Waals surface area contributed by atoms with Crippen LogP contribution in [0.5, 0.6) is 0 Å². The smallest absolute Gasteiger partial charge is 0.222 e. The molecule has 0 aromatic rings. The van der Waals surface area contributed by atoms with Crippen LogP contribution in [0.4, 0.5) is 0 Å². The van der Waals surface area contributed by atoms with Crippen molar-refractivity contribution in [2.24, 2.45) is 5.92 Å². The molecule has 0 unspecified atom stereocenters. The molecule has 0 bridgehead atoms. The van der Waals surface area contributed by atoms with Crippen molar-refractivity contribution < 1.29 is 4.79 Å². The third-order valence-corrected chi connectivity index (χ3v) is 4.05. The summed E-state index contributed by atoms with van der Waals surface area (Å²) < 4.78 is 0. The van der Waals surface area contributed by atoms with Crippen LogP contribution in [0.1, 0.15) is 59.3 Å². The third kappa shape index (κ3) is 5.38. The lowest BCUT2D eigenvalue weighted by molar-refractivity contribution is -0.132. The molecule has 0 radical (unpaired) electrons. The Morgan fingerprint density at radius 3 is 2.44 bits per heavy atom. The fourth-order valence-electron chi connectivity index (χ4n) is 2.64. The zero-order valence-corrected chi connectivity index (χ0v) is 12.5. The summed E-state index contributed by atoms with van der Waals surface area (Å²) >= 11 is 0. The van der Waals surface area contributed by atoms with E-state index >= 15 is 0 Å². The van der Waals surface area contributed by atoms with Gasteiger partial charge in [-0.05, 0) is 44.6 Å². The first-order chi connectivity index (χ1) is 8.50. The normalized spacial score (nSPS) is 24.3. The van der Waals surface area contributed by atoms with Gasteiger partial charge in [0.2, 0.25) is 5.91 Å². The number of carbonyl (C=O) groups excluding carboxylic acids is 1. The Morgan fingerprint density at radius 1 is 1.28 bits per heavy atom. The van der Waals surface area contributed by atoms with Crippen molar-refractivity contribution in [2.75, 3.05) is 13.6 Å². The van der Waals surface area contributed by atoms with Crippen molar-refractivity contribution in [3.8, 4) is 0 Å². The van der Waals surface area contributed by atoms with Crippen LogP contribution in [-0.2, 0) is 4.79 Å². The Kier molecular flexibility index (Phi) is 6.69. The van der Waals surface area contributed by atoms with Crippen molar-refractivity contribution in [3.05, 3.63) is 0 Å². The Labute approximate surface area is 112 Å². The number of hydrogen-bond acceptors (Lipinski definition) is 2. The highest BCUT2D eigenvalue weighted by molar-refractivity contribution is 5.76. The van der Waals surface area contributed by atoms with Gasteiger partial charge in [0.1, 0.15) is 0 Å². The molecule has 106 valence electrons. The molecule has 0 aromatic carbocycles. The van der Waals surface area contributed by atoms with E-state index in [9.17, 15) is 4.79 Å². The van der Waals surface area contributed by atoms with E-state index in [-0.39, 0.29) is 0 Å². The van der Waals surface area contributed by atoms with Crippen LogP contribution in [-0.4, -0.2) is 36.5 Å². The molecule has 0 heterocycles. The number of carbonyl (C=O) groups is 1. The van der Waals surface area contributed by atoms with Crippen LogP contribution in [0.2, 0.25) is 0 Å². The fourth-order valence-corrected chi connectivity index (χ4v) is 2.64. The van der Waals surface area contributed by atoms with E-state index < -0.39 is 0 Å². The summed E-state index contributed by atoms with van der Waals surface area (Å²) in [7, 11) is 1.98. The largest absolute Gasteiger partial charge is 0.343 e. The van der Waals surface area contributed by atoms with Crippen LogP contribution in [0.15, 0.2) is 0 Å². The van der Waals surface area contributed by atoms with E-state index in [1.807, 2.05) is 11.9 Å². The predicted molar refractivity (Wildman–Crippen MR) is 76.6 cm³/mol. The van der Waals surface area contributed by atoms with E-state index in [1.54, 1.807) is 0 Å². The van der Waals surface area contributed by atoms with Gasteiger partial charge < -0.3 is 10.2 Å². The van der Waals surface area contributed by atoms with Gasteiger partial charge in [-0.3, -0.25) is 4.79 Å². The molecule has 1 saturated carbocycles. The molecule has 0 aromatic heterocycles. The summed E-state index contributed by atoms with van der Waals surface area (Å²) in [4.78, 5) is 14.1. The van der Waals surface area contributed by atoms with Gasteiger partial charge in [0, 0.05) is 25.6 Å². The van der Waals surface area contributed by atoms with Crippen LogP contribution >= 0.6 is 0 Å². The number of rotatable bonds is 6. The summed E-state index contributed by atoms with van der Waals surface area (Å²) in [5, 5.41) is 3.35. The highest BCUT2D eigenvalue weighted by Gasteiger charge is 2.24. The second-order valence-electron chi connectivity index (χ2n) is 6.13. The molecule has 1 aliphatic carbocycles. The molecule has 0 spiro atoms. The minimum Gasteiger partial charge on any atom is -0.343 e. The Balaban J connectivity index is 2.20. The first-order valence-corrected chi connectivity index (χ1v) is 7.49. The van der Waals surface area contributed by atoms with Crippen LogP contribution < -0.4 is 5.32 Å². The molecule has 3 heteroatoms. The van der Waals surface area contributed by atoms with Gasteiger partial charge in [0.25, 0.3) is 0 Å². The molecule has 1 aliphatic rings. The second-order valence-corrected chi connectivity index (χ2v) is 6.13. The molecule has 0 saturated heterocycles. The standard InChI is InChI=1S/C15H30N2O/c1-12(2)16-11-5-6-15(18)17(4)14-9-7-13(3)8-10-14/h12-14,16H,5-11H2,1-4H3. The Morgan fingerprint density at radius 2 is 1.89 bits per heavy atom. The molecule has 18 heavy (non-hydrogen) atoms. The van der Waals surface area contributed by atoms with Crippen molar-refractivity contribution >= 4 is 5.91 Å². The molecule has 3 nitrogen and oxygen atoms in total. The highest BCUT2D eigenvalue weighted by Crippen LogP contribution is 2.26. The third-order valence-electron chi connectivity index (χ3n) is 4.05. The van der Waals surface area contributed by atoms with Gasteiger partial charge in [-0.25, -0.2) is 0 Å². The van der Waals surface area contributed by atoms with E-state index in [4.69, 9.17) is 0 Å². The summed E-state index contributed by atoms with van der Waals surface area (Å²) in [6.45, 7) is 7.53. The lowest BCUT2D eigenvalue weighted by atomic mass is 9.86. The monoisotopic (exact) mass is 254 g/mol. The summed E-state index contributed by atoms with van der Waals surface area (Å²) in [6.07, 6.45) is 6.56. The fraction of sp³-hybridized carbons (Fsp3) is 0.933. The first kappa shape index (κ1) is 15.5. The number of nitrogens with one attached hydrogen (secondary N) is 1. The van der Waals surface area contributed by atoms with Gasteiger partial charge >= 0.3 is 0 Å². The van der Waals surface area contributed by atoms with E-state index in [2.05, 4.69) is 26.1 Å².